The maximum atomic E-state index is 10.9. The van der Waals surface area contributed by atoms with Gasteiger partial charge >= 0.3 is 6.09 Å². The molecule has 100 valence electrons. The zero-order valence-electron chi connectivity index (χ0n) is 11.2. The van der Waals surface area contributed by atoms with Gasteiger partial charge in [-0.1, -0.05) is 19.9 Å². The molecule has 0 fully saturated rings. The molecule has 0 bridgehead atoms. The Hall–Kier alpha value is -1.10. The number of hydrogen-bond acceptors (Lipinski definition) is 3. The summed E-state index contributed by atoms with van der Waals surface area (Å²) in [5.74, 6) is 0. The third-order valence-electron chi connectivity index (χ3n) is 2.65. The maximum absolute atomic E-state index is 10.9. The van der Waals surface area contributed by atoms with E-state index in [0.717, 1.165) is 10.3 Å². The molecule has 0 spiro atoms. The maximum Gasteiger partial charge on any atom is 0.405 e. The summed E-state index contributed by atoms with van der Waals surface area (Å²) in [6, 6.07) is 5.78. The summed E-state index contributed by atoms with van der Waals surface area (Å²) in [6.07, 6.45) is -0.121. The number of primary amides is 1. The Labute approximate surface area is 116 Å². The molecule has 1 rings (SSSR count). The summed E-state index contributed by atoms with van der Waals surface area (Å²) in [4.78, 5) is 15.3. The molecule has 0 aliphatic carbocycles. The number of rotatable bonds is 4. The minimum Gasteiger partial charge on any atom is -0.444 e. The van der Waals surface area contributed by atoms with Crippen molar-refractivity contribution >= 4 is 22.0 Å². The normalized spacial score (nSPS) is 12.3. The smallest absolute Gasteiger partial charge is 0.405 e. The molecule has 1 aromatic rings. The van der Waals surface area contributed by atoms with E-state index in [9.17, 15) is 4.79 Å². The molecule has 0 radical (unpaired) electrons. The Morgan fingerprint density at radius 2 is 2.00 bits per heavy atom. The zero-order valence-corrected chi connectivity index (χ0v) is 12.7. The van der Waals surface area contributed by atoms with E-state index < -0.39 is 11.7 Å². The van der Waals surface area contributed by atoms with Crippen LogP contribution in [0.15, 0.2) is 22.8 Å². The van der Waals surface area contributed by atoms with E-state index in [1.807, 2.05) is 32.0 Å². The Morgan fingerprint density at radius 1 is 1.39 bits per heavy atom. The molecule has 1 amide bonds. The number of aromatic nitrogens is 1. The van der Waals surface area contributed by atoms with Gasteiger partial charge < -0.3 is 10.5 Å². The lowest BCUT2D eigenvalue weighted by molar-refractivity contribution is 0.0242. The van der Waals surface area contributed by atoms with E-state index in [2.05, 4.69) is 34.8 Å². The predicted molar refractivity (Wildman–Crippen MR) is 74.3 cm³/mol. The van der Waals surface area contributed by atoms with Gasteiger partial charge in [0, 0.05) is 11.1 Å². The standard InChI is InChI=1S/C13H19BrN2O2/c1-12(2,8-13(3,4)18-11(15)17)9-6-5-7-10(14)16-9/h5-7H,8H2,1-4H3,(H2,15,17). The van der Waals surface area contributed by atoms with Crippen LogP contribution in [0.4, 0.5) is 4.79 Å². The van der Waals surface area contributed by atoms with Crippen LogP contribution in [0.3, 0.4) is 0 Å². The van der Waals surface area contributed by atoms with Crippen LogP contribution in [0.25, 0.3) is 0 Å². The highest BCUT2D eigenvalue weighted by Gasteiger charge is 2.33. The highest BCUT2D eigenvalue weighted by molar-refractivity contribution is 9.10. The number of nitrogens with two attached hydrogens (primary N) is 1. The van der Waals surface area contributed by atoms with Crippen molar-refractivity contribution in [2.24, 2.45) is 5.73 Å². The fourth-order valence-electron chi connectivity index (χ4n) is 2.25. The second-order valence-corrected chi connectivity index (χ2v) is 6.40. The fraction of sp³-hybridized carbons (Fsp3) is 0.538. The average molecular weight is 315 g/mol. The molecule has 0 saturated carbocycles. The largest absolute Gasteiger partial charge is 0.444 e. The summed E-state index contributed by atoms with van der Waals surface area (Å²) in [5, 5.41) is 0. The number of carbonyl (C=O) groups excluding carboxylic acids is 1. The van der Waals surface area contributed by atoms with E-state index in [0.29, 0.717) is 6.42 Å². The van der Waals surface area contributed by atoms with Crippen LogP contribution >= 0.6 is 15.9 Å². The second-order valence-electron chi connectivity index (χ2n) is 5.59. The van der Waals surface area contributed by atoms with Crippen LogP contribution in [0, 0.1) is 0 Å². The molecule has 1 heterocycles. The zero-order chi connectivity index (χ0) is 14.0. The third kappa shape index (κ3) is 4.29. The molecular weight excluding hydrogens is 296 g/mol. The number of carbonyl (C=O) groups is 1. The molecule has 4 nitrogen and oxygen atoms in total. The minimum atomic E-state index is -0.752. The van der Waals surface area contributed by atoms with Crippen molar-refractivity contribution in [3.63, 3.8) is 0 Å². The van der Waals surface area contributed by atoms with Crippen LogP contribution in [-0.2, 0) is 10.2 Å². The number of hydrogen-bond donors (Lipinski definition) is 1. The van der Waals surface area contributed by atoms with E-state index in [1.54, 1.807) is 0 Å². The second kappa shape index (κ2) is 5.26. The van der Waals surface area contributed by atoms with E-state index >= 15 is 0 Å². The third-order valence-corrected chi connectivity index (χ3v) is 3.09. The van der Waals surface area contributed by atoms with Gasteiger partial charge in [-0.2, -0.15) is 0 Å². The molecule has 0 aliphatic rings. The van der Waals surface area contributed by atoms with Gasteiger partial charge in [0.05, 0.1) is 0 Å². The van der Waals surface area contributed by atoms with Crippen LogP contribution in [0.2, 0.25) is 0 Å². The number of halogens is 1. The number of nitrogens with zero attached hydrogens (tertiary/aromatic N) is 1. The topological polar surface area (TPSA) is 65.2 Å². The van der Waals surface area contributed by atoms with E-state index in [-0.39, 0.29) is 5.41 Å². The van der Waals surface area contributed by atoms with E-state index in [1.165, 1.54) is 0 Å². The minimum absolute atomic E-state index is 0.220. The molecule has 0 saturated heterocycles. The first-order chi connectivity index (χ1) is 8.12. The van der Waals surface area contributed by atoms with Crippen molar-refractivity contribution < 1.29 is 9.53 Å². The van der Waals surface area contributed by atoms with Crippen LogP contribution in [0.1, 0.15) is 39.8 Å². The van der Waals surface area contributed by atoms with Crippen molar-refractivity contribution in [2.45, 2.75) is 45.1 Å². The summed E-state index contributed by atoms with van der Waals surface area (Å²) >= 11 is 3.36. The lowest BCUT2D eigenvalue weighted by atomic mass is 9.79. The highest BCUT2D eigenvalue weighted by Crippen LogP contribution is 2.33. The first-order valence-corrected chi connectivity index (χ1v) is 6.53. The molecule has 0 aromatic carbocycles. The van der Waals surface area contributed by atoms with Crippen molar-refractivity contribution in [3.8, 4) is 0 Å². The predicted octanol–water partition coefficient (Wildman–Crippen LogP) is 3.39. The van der Waals surface area contributed by atoms with Crippen molar-refractivity contribution in [1.82, 2.24) is 4.98 Å². The van der Waals surface area contributed by atoms with Crippen LogP contribution in [0.5, 0.6) is 0 Å². The molecule has 2 N–H and O–H groups in total. The highest BCUT2D eigenvalue weighted by atomic mass is 79.9. The SMILES string of the molecule is CC(C)(CC(C)(C)c1cccc(Br)n1)OC(N)=O. The van der Waals surface area contributed by atoms with Gasteiger partial charge in [-0.3, -0.25) is 0 Å². The molecule has 18 heavy (non-hydrogen) atoms. The molecule has 5 heteroatoms. The first-order valence-electron chi connectivity index (χ1n) is 5.74. The fourth-order valence-corrected chi connectivity index (χ4v) is 2.59. The van der Waals surface area contributed by atoms with Gasteiger partial charge in [0.1, 0.15) is 10.2 Å². The van der Waals surface area contributed by atoms with Gasteiger partial charge in [0.2, 0.25) is 0 Å². The summed E-state index contributed by atoms with van der Waals surface area (Å²) < 4.78 is 5.92. The Balaban J connectivity index is 2.90. The number of ether oxygens (including phenoxy) is 1. The quantitative estimate of drug-likeness (QED) is 0.866. The monoisotopic (exact) mass is 314 g/mol. The van der Waals surface area contributed by atoms with Gasteiger partial charge in [-0.25, -0.2) is 9.78 Å². The molecular formula is C13H19BrN2O2. The van der Waals surface area contributed by atoms with Gasteiger partial charge in [-0.05, 0) is 48.3 Å². The number of amides is 1. The van der Waals surface area contributed by atoms with Gasteiger partial charge in [0.25, 0.3) is 0 Å². The van der Waals surface area contributed by atoms with Crippen LogP contribution < -0.4 is 5.73 Å². The Bertz CT molecular complexity index is 444. The lowest BCUT2D eigenvalue weighted by Crippen LogP contribution is -2.37. The number of pyridine rings is 1. The average Bonchev–Trinajstić information content (AvgIpc) is 2.13. The summed E-state index contributed by atoms with van der Waals surface area (Å²) in [7, 11) is 0. The molecule has 0 aliphatic heterocycles. The summed E-state index contributed by atoms with van der Waals surface area (Å²) in [5.41, 5.74) is 5.17. The molecule has 1 aromatic heterocycles. The Morgan fingerprint density at radius 3 is 2.50 bits per heavy atom. The summed E-state index contributed by atoms with van der Waals surface area (Å²) in [6.45, 7) is 7.82. The Kier molecular flexibility index (Phi) is 4.37. The van der Waals surface area contributed by atoms with Crippen molar-refractivity contribution in [1.29, 1.82) is 0 Å². The molecule has 0 unspecified atom stereocenters. The van der Waals surface area contributed by atoms with Gasteiger partial charge in [0.15, 0.2) is 0 Å². The van der Waals surface area contributed by atoms with Gasteiger partial charge in [-0.15, -0.1) is 0 Å². The molecule has 0 atom stereocenters. The van der Waals surface area contributed by atoms with Crippen molar-refractivity contribution in [3.05, 3.63) is 28.5 Å². The lowest BCUT2D eigenvalue weighted by Gasteiger charge is -2.33. The van der Waals surface area contributed by atoms with Crippen molar-refractivity contribution in [2.75, 3.05) is 0 Å². The van der Waals surface area contributed by atoms with E-state index in [4.69, 9.17) is 10.5 Å². The van der Waals surface area contributed by atoms with Crippen LogP contribution in [-0.4, -0.2) is 16.7 Å². The first kappa shape index (κ1) is 15.0.